The highest BCUT2D eigenvalue weighted by Crippen LogP contribution is 2.33. The van der Waals surface area contributed by atoms with Crippen LogP contribution in [0.3, 0.4) is 0 Å². The minimum absolute atomic E-state index is 0. The van der Waals surface area contributed by atoms with E-state index >= 15 is 0 Å². The third-order valence-electron chi connectivity index (χ3n) is 3.68. The van der Waals surface area contributed by atoms with Crippen LogP contribution in [-0.2, 0) is 0 Å². The van der Waals surface area contributed by atoms with E-state index in [2.05, 4.69) is 0 Å². The first kappa shape index (κ1) is 19.1. The Morgan fingerprint density at radius 2 is 2.00 bits per heavy atom. The number of hydrogen-bond acceptors (Lipinski definition) is 2. The predicted octanol–water partition coefficient (Wildman–Crippen LogP) is 3.56. The van der Waals surface area contributed by atoms with Crippen LogP contribution in [0.4, 0.5) is 13.2 Å². The van der Waals surface area contributed by atoms with E-state index in [9.17, 15) is 18.0 Å². The number of carbonyl (C=O) groups excluding carboxylic acids is 1. The maximum Gasteiger partial charge on any atom is 0.408 e. The van der Waals surface area contributed by atoms with Crippen molar-refractivity contribution in [2.45, 2.75) is 38.0 Å². The lowest BCUT2D eigenvalue weighted by Gasteiger charge is -2.39. The summed E-state index contributed by atoms with van der Waals surface area (Å²) < 4.78 is 39.2. The van der Waals surface area contributed by atoms with Crippen molar-refractivity contribution in [3.63, 3.8) is 0 Å². The maximum absolute atomic E-state index is 13.1. The molecule has 124 valence electrons. The highest BCUT2D eigenvalue weighted by Gasteiger charge is 2.47. The average Bonchev–Trinajstić information content (AvgIpc) is 2.39. The predicted molar refractivity (Wildman–Crippen MR) is 81.5 cm³/mol. The van der Waals surface area contributed by atoms with Gasteiger partial charge in [0.2, 0.25) is 0 Å². The second-order valence-electron chi connectivity index (χ2n) is 5.32. The zero-order valence-corrected chi connectivity index (χ0v) is 13.4. The number of nitrogens with zero attached hydrogens (tertiary/aromatic N) is 1. The molecule has 1 fully saturated rings. The van der Waals surface area contributed by atoms with Crippen LogP contribution in [0.25, 0.3) is 0 Å². The SMILES string of the molecule is Cc1ccc(C(=O)N2CC(N)CCC2C(F)(F)F)cc1Cl.Cl. The number of amides is 1. The summed E-state index contributed by atoms with van der Waals surface area (Å²) >= 11 is 5.93. The van der Waals surface area contributed by atoms with E-state index in [1.54, 1.807) is 13.0 Å². The van der Waals surface area contributed by atoms with Crippen molar-refractivity contribution in [3.8, 4) is 0 Å². The summed E-state index contributed by atoms with van der Waals surface area (Å²) in [6, 6.07) is 2.27. The molecule has 0 aliphatic carbocycles. The molecule has 1 aromatic rings. The van der Waals surface area contributed by atoms with Gasteiger partial charge in [-0.05, 0) is 37.5 Å². The third-order valence-corrected chi connectivity index (χ3v) is 4.08. The Kier molecular flexibility index (Phi) is 6.12. The van der Waals surface area contributed by atoms with Gasteiger partial charge >= 0.3 is 6.18 Å². The van der Waals surface area contributed by atoms with E-state index in [0.29, 0.717) is 5.02 Å². The number of nitrogens with two attached hydrogens (primary N) is 1. The van der Waals surface area contributed by atoms with E-state index in [1.807, 2.05) is 0 Å². The van der Waals surface area contributed by atoms with Crippen molar-refractivity contribution in [1.82, 2.24) is 4.90 Å². The molecule has 8 heteroatoms. The minimum Gasteiger partial charge on any atom is -0.326 e. The standard InChI is InChI=1S/C14H16ClF3N2O.ClH/c1-8-2-3-9(6-11(8)15)13(21)20-7-10(19)4-5-12(20)14(16,17)18;/h2-3,6,10,12H,4-5,7,19H2,1H3;1H. The summed E-state index contributed by atoms with van der Waals surface area (Å²) in [5.74, 6) is -0.686. The van der Waals surface area contributed by atoms with Gasteiger partial charge in [0, 0.05) is 23.2 Å². The van der Waals surface area contributed by atoms with Crippen molar-refractivity contribution in [2.75, 3.05) is 6.54 Å². The van der Waals surface area contributed by atoms with Gasteiger partial charge in [0.1, 0.15) is 6.04 Å². The van der Waals surface area contributed by atoms with Crippen molar-refractivity contribution >= 4 is 29.9 Å². The van der Waals surface area contributed by atoms with Crippen LogP contribution in [0.2, 0.25) is 5.02 Å². The average molecular weight is 357 g/mol. The maximum atomic E-state index is 13.1. The third kappa shape index (κ3) is 4.06. The Morgan fingerprint density at radius 3 is 2.55 bits per heavy atom. The number of aryl methyl sites for hydroxylation is 1. The second-order valence-corrected chi connectivity index (χ2v) is 5.72. The van der Waals surface area contributed by atoms with Crippen LogP contribution in [0, 0.1) is 6.92 Å². The fraction of sp³-hybridized carbons (Fsp3) is 0.500. The Morgan fingerprint density at radius 1 is 1.36 bits per heavy atom. The van der Waals surface area contributed by atoms with Gasteiger partial charge in [0.25, 0.3) is 5.91 Å². The Hall–Kier alpha value is -0.980. The summed E-state index contributed by atoms with van der Waals surface area (Å²) in [6.07, 6.45) is -4.37. The van der Waals surface area contributed by atoms with Crippen molar-refractivity contribution in [3.05, 3.63) is 34.3 Å². The normalized spacial score (nSPS) is 22.2. The number of hydrogen-bond donors (Lipinski definition) is 1. The number of carbonyl (C=O) groups is 1. The first-order valence-corrected chi connectivity index (χ1v) is 6.97. The van der Waals surface area contributed by atoms with Gasteiger partial charge in [-0.2, -0.15) is 13.2 Å². The molecule has 1 heterocycles. The first-order chi connectivity index (χ1) is 9.70. The molecular formula is C14H17Cl2F3N2O. The molecule has 0 spiro atoms. The quantitative estimate of drug-likeness (QED) is 0.835. The van der Waals surface area contributed by atoms with Crippen molar-refractivity contribution in [2.24, 2.45) is 5.73 Å². The summed E-state index contributed by atoms with van der Waals surface area (Å²) in [6.45, 7) is 1.65. The topological polar surface area (TPSA) is 46.3 Å². The molecule has 22 heavy (non-hydrogen) atoms. The first-order valence-electron chi connectivity index (χ1n) is 6.59. The van der Waals surface area contributed by atoms with Crippen LogP contribution in [0.1, 0.15) is 28.8 Å². The van der Waals surface area contributed by atoms with Gasteiger partial charge in [-0.1, -0.05) is 17.7 Å². The van der Waals surface area contributed by atoms with Crippen molar-refractivity contribution in [1.29, 1.82) is 0 Å². The van der Waals surface area contributed by atoms with Crippen LogP contribution < -0.4 is 5.73 Å². The van der Waals surface area contributed by atoms with Crippen molar-refractivity contribution < 1.29 is 18.0 Å². The van der Waals surface area contributed by atoms with E-state index < -0.39 is 24.2 Å². The van der Waals surface area contributed by atoms with Gasteiger partial charge in [-0.25, -0.2) is 0 Å². The molecule has 0 saturated carbocycles. The number of halogens is 5. The van der Waals surface area contributed by atoms with Crippen LogP contribution in [0.15, 0.2) is 18.2 Å². The number of likely N-dealkylation sites (tertiary alicyclic amines) is 1. The van der Waals surface area contributed by atoms with Crippen LogP contribution in [0.5, 0.6) is 0 Å². The van der Waals surface area contributed by atoms with Crippen LogP contribution >= 0.6 is 24.0 Å². The second kappa shape index (κ2) is 7.06. The van der Waals surface area contributed by atoms with Gasteiger partial charge in [-0.3, -0.25) is 4.79 Å². The molecule has 1 saturated heterocycles. The molecule has 2 unspecified atom stereocenters. The number of alkyl halides is 3. The molecule has 0 aromatic heterocycles. The van der Waals surface area contributed by atoms with Gasteiger partial charge in [-0.15, -0.1) is 12.4 Å². The smallest absolute Gasteiger partial charge is 0.326 e. The Balaban J connectivity index is 0.00000242. The lowest BCUT2D eigenvalue weighted by molar-refractivity contribution is -0.184. The van der Waals surface area contributed by atoms with Gasteiger partial charge in [0.05, 0.1) is 0 Å². The van der Waals surface area contributed by atoms with E-state index in [-0.39, 0.29) is 37.4 Å². The lowest BCUT2D eigenvalue weighted by atomic mass is 9.97. The monoisotopic (exact) mass is 356 g/mol. The molecule has 1 amide bonds. The largest absolute Gasteiger partial charge is 0.408 e. The molecule has 3 nitrogen and oxygen atoms in total. The molecule has 0 radical (unpaired) electrons. The molecule has 0 bridgehead atoms. The molecule has 1 aliphatic rings. The fourth-order valence-electron chi connectivity index (χ4n) is 2.46. The minimum atomic E-state index is -4.45. The summed E-state index contributed by atoms with van der Waals surface area (Å²) in [5, 5.41) is 0.353. The lowest BCUT2D eigenvalue weighted by Crippen LogP contribution is -2.56. The fourth-order valence-corrected chi connectivity index (χ4v) is 2.64. The zero-order valence-electron chi connectivity index (χ0n) is 11.9. The molecule has 1 aliphatic heterocycles. The van der Waals surface area contributed by atoms with Gasteiger partial charge in [0.15, 0.2) is 0 Å². The molecule has 2 atom stereocenters. The van der Waals surface area contributed by atoms with E-state index in [0.717, 1.165) is 10.5 Å². The van der Waals surface area contributed by atoms with Crippen LogP contribution in [-0.4, -0.2) is 35.6 Å². The molecular weight excluding hydrogens is 340 g/mol. The number of benzene rings is 1. The van der Waals surface area contributed by atoms with E-state index in [1.165, 1.54) is 12.1 Å². The zero-order chi connectivity index (χ0) is 15.8. The summed E-state index contributed by atoms with van der Waals surface area (Å²) in [4.78, 5) is 13.2. The summed E-state index contributed by atoms with van der Waals surface area (Å²) in [7, 11) is 0. The summed E-state index contributed by atoms with van der Waals surface area (Å²) in [5.41, 5.74) is 6.62. The highest BCUT2D eigenvalue weighted by molar-refractivity contribution is 6.31. The molecule has 1 aromatic carbocycles. The van der Waals surface area contributed by atoms with E-state index in [4.69, 9.17) is 17.3 Å². The number of rotatable bonds is 1. The molecule has 2 rings (SSSR count). The number of piperidine rings is 1. The van der Waals surface area contributed by atoms with Gasteiger partial charge < -0.3 is 10.6 Å². The Labute approximate surface area is 138 Å². The molecule has 2 N–H and O–H groups in total. The highest BCUT2D eigenvalue weighted by atomic mass is 35.5. The Bertz CT molecular complexity index is 551.